The SMILES string of the molecule is CCOC.N#CC1CC(=CC=O)C1. The number of nitrogens with zero attached hydrogens (tertiary/aromatic N) is 1. The molecule has 0 saturated heterocycles. The molecule has 0 heterocycles. The molecule has 0 amide bonds. The van der Waals surface area contributed by atoms with Gasteiger partial charge in [0.2, 0.25) is 0 Å². The number of ether oxygens (including phenoxy) is 1. The predicted molar refractivity (Wildman–Crippen MR) is 50.0 cm³/mol. The van der Waals surface area contributed by atoms with Gasteiger partial charge in [-0.1, -0.05) is 5.57 Å². The third-order valence-corrected chi connectivity index (χ3v) is 1.79. The van der Waals surface area contributed by atoms with Crippen LogP contribution in [0.1, 0.15) is 19.8 Å². The zero-order chi connectivity index (χ0) is 10.1. The number of nitriles is 1. The molecule has 72 valence electrons. The quantitative estimate of drug-likeness (QED) is 0.481. The summed E-state index contributed by atoms with van der Waals surface area (Å²) in [4.78, 5) is 9.84. The maximum absolute atomic E-state index is 9.84. The first-order valence-corrected chi connectivity index (χ1v) is 4.30. The van der Waals surface area contributed by atoms with E-state index in [2.05, 4.69) is 10.8 Å². The molecule has 0 spiro atoms. The van der Waals surface area contributed by atoms with Crippen molar-refractivity contribution in [2.75, 3.05) is 13.7 Å². The van der Waals surface area contributed by atoms with E-state index >= 15 is 0 Å². The normalized spacial score (nSPS) is 18.8. The van der Waals surface area contributed by atoms with Crippen molar-refractivity contribution in [3.8, 4) is 6.07 Å². The molecule has 0 aliphatic heterocycles. The molecule has 3 heteroatoms. The van der Waals surface area contributed by atoms with E-state index in [9.17, 15) is 4.79 Å². The lowest BCUT2D eigenvalue weighted by atomic mass is 9.81. The number of allylic oxidation sites excluding steroid dienone is 2. The van der Waals surface area contributed by atoms with Crippen molar-refractivity contribution < 1.29 is 9.53 Å². The van der Waals surface area contributed by atoms with Crippen LogP contribution in [0.3, 0.4) is 0 Å². The molecule has 0 atom stereocenters. The van der Waals surface area contributed by atoms with Gasteiger partial charge in [-0.05, 0) is 25.8 Å². The molecule has 1 fully saturated rings. The van der Waals surface area contributed by atoms with E-state index in [1.54, 1.807) is 13.2 Å². The van der Waals surface area contributed by atoms with Crippen molar-refractivity contribution in [2.45, 2.75) is 19.8 Å². The molecule has 0 bridgehead atoms. The van der Waals surface area contributed by atoms with E-state index < -0.39 is 0 Å². The molecule has 1 aliphatic carbocycles. The first kappa shape index (κ1) is 11.9. The highest BCUT2D eigenvalue weighted by Crippen LogP contribution is 2.31. The van der Waals surface area contributed by atoms with Crippen LogP contribution in [-0.4, -0.2) is 20.0 Å². The predicted octanol–water partition coefficient (Wildman–Crippen LogP) is 1.70. The molecule has 0 aromatic heterocycles. The van der Waals surface area contributed by atoms with E-state index in [-0.39, 0.29) is 5.92 Å². The summed E-state index contributed by atoms with van der Waals surface area (Å²) >= 11 is 0. The molecule has 0 N–H and O–H groups in total. The van der Waals surface area contributed by atoms with Crippen molar-refractivity contribution in [1.29, 1.82) is 5.26 Å². The Bertz CT molecular complexity index is 205. The molecule has 0 aromatic rings. The second kappa shape index (κ2) is 7.51. The lowest BCUT2D eigenvalue weighted by Crippen LogP contribution is -2.12. The van der Waals surface area contributed by atoms with Crippen molar-refractivity contribution in [1.82, 2.24) is 0 Å². The van der Waals surface area contributed by atoms with Gasteiger partial charge in [-0.15, -0.1) is 0 Å². The standard InChI is InChI=1S/C7H7NO.C3H8O/c8-5-7-3-6(4-7)1-2-9;1-3-4-2/h1-2,7H,3-4H2;3H2,1-2H3. The number of aldehydes is 1. The molecule has 1 rings (SSSR count). The summed E-state index contributed by atoms with van der Waals surface area (Å²) in [5, 5.41) is 8.31. The molecular formula is C10H15NO2. The van der Waals surface area contributed by atoms with Crippen molar-refractivity contribution in [3.63, 3.8) is 0 Å². The fourth-order valence-electron chi connectivity index (χ4n) is 0.897. The molecule has 3 nitrogen and oxygen atoms in total. The highest BCUT2D eigenvalue weighted by atomic mass is 16.5. The summed E-state index contributed by atoms with van der Waals surface area (Å²) in [7, 11) is 1.68. The molecule has 0 unspecified atom stereocenters. The number of rotatable bonds is 2. The fourth-order valence-corrected chi connectivity index (χ4v) is 0.897. The summed E-state index contributed by atoms with van der Waals surface area (Å²) in [6, 6.07) is 2.13. The van der Waals surface area contributed by atoms with Crippen LogP contribution < -0.4 is 0 Å². The Balaban J connectivity index is 0.000000310. The summed E-state index contributed by atoms with van der Waals surface area (Å²) in [5.74, 6) is 0.177. The second-order valence-electron chi connectivity index (χ2n) is 2.77. The van der Waals surface area contributed by atoms with Gasteiger partial charge in [0.15, 0.2) is 0 Å². The highest BCUT2D eigenvalue weighted by molar-refractivity contribution is 5.66. The first-order chi connectivity index (χ1) is 6.28. The maximum atomic E-state index is 9.84. The fraction of sp³-hybridized carbons (Fsp3) is 0.600. The van der Waals surface area contributed by atoms with Gasteiger partial charge in [0, 0.05) is 13.7 Å². The van der Waals surface area contributed by atoms with Gasteiger partial charge in [-0.3, -0.25) is 4.79 Å². The Hall–Kier alpha value is -1.14. The minimum Gasteiger partial charge on any atom is -0.385 e. The monoisotopic (exact) mass is 181 g/mol. The van der Waals surface area contributed by atoms with Crippen LogP contribution in [0, 0.1) is 17.2 Å². The van der Waals surface area contributed by atoms with Crippen LogP contribution in [0.15, 0.2) is 11.6 Å². The summed E-state index contributed by atoms with van der Waals surface area (Å²) < 4.78 is 4.54. The van der Waals surface area contributed by atoms with Gasteiger partial charge in [-0.2, -0.15) is 5.26 Å². The van der Waals surface area contributed by atoms with Crippen molar-refractivity contribution >= 4 is 6.29 Å². The Kier molecular flexibility index (Phi) is 6.85. The Morgan fingerprint density at radius 1 is 1.69 bits per heavy atom. The van der Waals surface area contributed by atoms with Gasteiger partial charge in [0.1, 0.15) is 6.29 Å². The molecule has 0 radical (unpaired) electrons. The van der Waals surface area contributed by atoms with E-state index in [0.29, 0.717) is 0 Å². The lowest BCUT2D eigenvalue weighted by Gasteiger charge is -2.21. The third-order valence-electron chi connectivity index (χ3n) is 1.79. The third kappa shape index (κ3) is 5.15. The average molecular weight is 181 g/mol. The Morgan fingerprint density at radius 3 is 2.54 bits per heavy atom. The zero-order valence-corrected chi connectivity index (χ0v) is 8.12. The highest BCUT2D eigenvalue weighted by Gasteiger charge is 2.21. The number of hydrogen-bond acceptors (Lipinski definition) is 3. The molecular weight excluding hydrogens is 166 g/mol. The summed E-state index contributed by atoms with van der Waals surface area (Å²) in [5.41, 5.74) is 1.11. The number of hydrogen-bond donors (Lipinski definition) is 0. The molecule has 0 aromatic carbocycles. The van der Waals surface area contributed by atoms with Gasteiger partial charge in [-0.25, -0.2) is 0 Å². The maximum Gasteiger partial charge on any atom is 0.142 e. The van der Waals surface area contributed by atoms with Crippen molar-refractivity contribution in [3.05, 3.63) is 11.6 Å². The van der Waals surface area contributed by atoms with E-state index in [1.807, 2.05) is 6.92 Å². The van der Waals surface area contributed by atoms with Crippen LogP contribution in [-0.2, 0) is 9.53 Å². The molecule has 13 heavy (non-hydrogen) atoms. The summed E-state index contributed by atoms with van der Waals surface area (Å²) in [6.45, 7) is 2.78. The number of carbonyl (C=O) groups excluding carboxylic acids is 1. The largest absolute Gasteiger partial charge is 0.385 e. The molecule has 1 saturated carbocycles. The second-order valence-corrected chi connectivity index (χ2v) is 2.77. The van der Waals surface area contributed by atoms with Crippen LogP contribution in [0.4, 0.5) is 0 Å². The first-order valence-electron chi connectivity index (χ1n) is 4.30. The van der Waals surface area contributed by atoms with Gasteiger partial charge in [0.05, 0.1) is 12.0 Å². The Morgan fingerprint density at radius 2 is 2.23 bits per heavy atom. The Labute approximate surface area is 79.0 Å². The minimum absolute atomic E-state index is 0.177. The zero-order valence-electron chi connectivity index (χ0n) is 8.12. The van der Waals surface area contributed by atoms with E-state index in [4.69, 9.17) is 5.26 Å². The van der Waals surface area contributed by atoms with E-state index in [1.165, 1.54) is 0 Å². The van der Waals surface area contributed by atoms with Gasteiger partial charge in [0.25, 0.3) is 0 Å². The smallest absolute Gasteiger partial charge is 0.142 e. The average Bonchev–Trinajstić information content (AvgIpc) is 2.11. The summed E-state index contributed by atoms with van der Waals surface area (Å²) in [6.07, 6.45) is 3.93. The lowest BCUT2D eigenvalue weighted by molar-refractivity contribution is -0.104. The van der Waals surface area contributed by atoms with E-state index in [0.717, 1.165) is 31.3 Å². The topological polar surface area (TPSA) is 50.1 Å². The molecule has 1 aliphatic rings. The van der Waals surface area contributed by atoms with Gasteiger partial charge >= 0.3 is 0 Å². The number of methoxy groups -OCH3 is 1. The van der Waals surface area contributed by atoms with Crippen molar-refractivity contribution in [2.24, 2.45) is 5.92 Å². The van der Waals surface area contributed by atoms with Crippen LogP contribution in [0.5, 0.6) is 0 Å². The van der Waals surface area contributed by atoms with Crippen LogP contribution >= 0.6 is 0 Å². The van der Waals surface area contributed by atoms with Crippen LogP contribution in [0.2, 0.25) is 0 Å². The van der Waals surface area contributed by atoms with Crippen LogP contribution in [0.25, 0.3) is 0 Å². The van der Waals surface area contributed by atoms with Gasteiger partial charge < -0.3 is 4.74 Å². The number of carbonyl (C=O) groups is 1. The minimum atomic E-state index is 0.177.